The van der Waals surface area contributed by atoms with Gasteiger partial charge >= 0.3 is 18.2 Å². The Balaban J connectivity index is -0.000000196. The van der Waals surface area contributed by atoms with Crippen molar-refractivity contribution >= 4 is 30.1 Å². The van der Waals surface area contributed by atoms with E-state index in [0.29, 0.717) is 0 Å². The average Bonchev–Trinajstić information content (AvgIpc) is 1.96. The molecular weight excluding hydrogens is 252 g/mol. The summed E-state index contributed by atoms with van der Waals surface area (Å²) < 4.78 is 0. The fraction of sp³-hybridized carbons (Fsp3) is 0. The van der Waals surface area contributed by atoms with E-state index in [-0.39, 0.29) is 0 Å². The molecule has 0 saturated heterocycles. The van der Waals surface area contributed by atoms with Gasteiger partial charge in [-0.1, -0.05) is 0 Å². The summed E-state index contributed by atoms with van der Waals surface area (Å²) in [4.78, 5) is 28.0. The van der Waals surface area contributed by atoms with Crippen molar-refractivity contribution in [2.24, 2.45) is 22.9 Å². The molecule has 0 fully saturated rings. The largest absolute Gasteiger partial charge is 0.503 e. The van der Waals surface area contributed by atoms with E-state index < -0.39 is 30.1 Å². The van der Waals surface area contributed by atoms with E-state index in [0.717, 1.165) is 0 Å². The predicted octanol–water partition coefficient (Wildman–Crippen LogP) is -2.68. The summed E-state index contributed by atoms with van der Waals surface area (Å²) in [6, 6.07) is -1.62. The number of urea groups is 2. The Bertz CT molecular complexity index is 274. The van der Waals surface area contributed by atoms with E-state index in [4.69, 9.17) is 25.8 Å². The van der Waals surface area contributed by atoms with Gasteiger partial charge in [0.2, 0.25) is 0 Å². The van der Waals surface area contributed by atoms with Crippen LogP contribution in [-0.2, 0) is 0 Å². The van der Waals surface area contributed by atoms with Crippen molar-refractivity contribution in [2.75, 3.05) is 0 Å². The van der Waals surface area contributed by atoms with E-state index in [9.17, 15) is 9.59 Å². The van der Waals surface area contributed by atoms with Gasteiger partial charge in [-0.05, 0) is 0 Å². The van der Waals surface area contributed by atoms with Gasteiger partial charge in [-0.3, -0.25) is 21.5 Å². The third kappa shape index (κ3) is 78.0. The summed E-state index contributed by atoms with van der Waals surface area (Å²) in [7, 11) is 0. The Kier molecular flexibility index (Phi) is 13.3. The van der Waals surface area contributed by atoms with Crippen LogP contribution in [0.5, 0.6) is 0 Å². The SMILES string of the molecule is N=C(N)NC(N)=O.N=C(N)NC(N)=O.O=C(O)O. The molecule has 0 aromatic rings. The van der Waals surface area contributed by atoms with Crippen LogP contribution in [0.3, 0.4) is 0 Å². The molecule has 13 heteroatoms. The highest BCUT2D eigenvalue weighted by Crippen LogP contribution is 1.49. The minimum absolute atomic E-state index is 0.437. The maximum Gasteiger partial charge on any atom is 0.503 e. The zero-order chi connectivity index (χ0) is 15.3. The van der Waals surface area contributed by atoms with Crippen molar-refractivity contribution in [3.8, 4) is 0 Å². The van der Waals surface area contributed by atoms with Gasteiger partial charge in [-0.25, -0.2) is 14.4 Å². The van der Waals surface area contributed by atoms with E-state index in [1.54, 1.807) is 10.6 Å². The molecule has 18 heavy (non-hydrogen) atoms. The van der Waals surface area contributed by atoms with Crippen LogP contribution in [-0.4, -0.2) is 40.3 Å². The fourth-order valence-electron chi connectivity index (χ4n) is 0.265. The second-order valence-corrected chi connectivity index (χ2v) is 2.09. The third-order valence-electron chi connectivity index (χ3n) is 0.516. The molecule has 13 nitrogen and oxygen atoms in total. The summed E-state index contributed by atoms with van der Waals surface area (Å²) in [5.74, 6) is -0.875. The number of hydrogen-bond acceptors (Lipinski definition) is 5. The molecule has 0 aliphatic carbocycles. The Morgan fingerprint density at radius 1 is 0.778 bits per heavy atom. The van der Waals surface area contributed by atoms with Crippen LogP contribution in [0, 0.1) is 10.8 Å². The lowest BCUT2D eigenvalue weighted by atomic mass is 10.9. The highest BCUT2D eigenvalue weighted by Gasteiger charge is 1.88. The van der Waals surface area contributed by atoms with Gasteiger partial charge in [0.25, 0.3) is 0 Å². The number of carbonyl (C=O) groups is 3. The molecule has 0 unspecified atom stereocenters. The van der Waals surface area contributed by atoms with Crippen LogP contribution in [0.25, 0.3) is 0 Å². The minimum Gasteiger partial charge on any atom is -0.450 e. The van der Waals surface area contributed by atoms with E-state index in [1.165, 1.54) is 0 Å². The van der Waals surface area contributed by atoms with Gasteiger partial charge in [0.05, 0.1) is 0 Å². The number of nitrogens with two attached hydrogens (primary N) is 4. The number of guanidine groups is 2. The Labute approximate surface area is 100 Å². The normalized spacial score (nSPS) is 7.11. The summed E-state index contributed by atoms with van der Waals surface area (Å²) in [6.45, 7) is 0. The molecule has 0 bridgehead atoms. The van der Waals surface area contributed by atoms with Crippen LogP contribution >= 0.6 is 0 Å². The topological polar surface area (TPSA) is 268 Å². The van der Waals surface area contributed by atoms with Crippen molar-refractivity contribution in [2.45, 2.75) is 0 Å². The smallest absolute Gasteiger partial charge is 0.450 e. The summed E-state index contributed by atoms with van der Waals surface area (Å²) in [6.07, 6.45) is -1.83. The molecule has 0 aliphatic rings. The average molecular weight is 266 g/mol. The predicted molar refractivity (Wildman–Crippen MR) is 59.9 cm³/mol. The van der Waals surface area contributed by atoms with Gasteiger partial charge in [0.1, 0.15) is 0 Å². The molecule has 0 spiro atoms. The van der Waals surface area contributed by atoms with Gasteiger partial charge in [-0.15, -0.1) is 0 Å². The van der Waals surface area contributed by atoms with Crippen molar-refractivity contribution in [1.29, 1.82) is 10.8 Å². The minimum atomic E-state index is -1.83. The van der Waals surface area contributed by atoms with Crippen molar-refractivity contribution in [3.05, 3.63) is 0 Å². The third-order valence-corrected chi connectivity index (χ3v) is 0.516. The lowest BCUT2D eigenvalue weighted by molar-refractivity contribution is 0.137. The molecule has 104 valence electrons. The van der Waals surface area contributed by atoms with Crippen molar-refractivity contribution < 1.29 is 24.6 Å². The molecule has 14 N–H and O–H groups in total. The lowest BCUT2D eigenvalue weighted by Crippen LogP contribution is -2.39. The van der Waals surface area contributed by atoms with Crippen LogP contribution in [0.2, 0.25) is 0 Å². The number of hydrogen-bond donors (Lipinski definition) is 10. The second-order valence-electron chi connectivity index (χ2n) is 2.09. The first-order valence-corrected chi connectivity index (χ1v) is 3.71. The molecule has 4 amide bonds. The first kappa shape index (κ1) is 20.2. The van der Waals surface area contributed by atoms with Crippen molar-refractivity contribution in [3.63, 3.8) is 0 Å². The number of rotatable bonds is 0. The van der Waals surface area contributed by atoms with Crippen LogP contribution in [0.1, 0.15) is 0 Å². The zero-order valence-electron chi connectivity index (χ0n) is 8.93. The molecule has 0 radical (unpaired) electrons. The molecule has 0 saturated carbocycles. The summed E-state index contributed by atoms with van der Waals surface area (Å²) in [5, 5.41) is 30.3. The standard InChI is InChI=1S/2C2H6N4O.CH2O3/c2*3-1(4)6-2(5)7;2-1(3)4/h2*(H6,3,4,5,6,7);(H2,2,3,4). The summed E-state index contributed by atoms with van der Waals surface area (Å²) in [5.41, 5.74) is 18.4. The number of primary amides is 2. The number of nitrogens with one attached hydrogen (secondary N) is 4. The van der Waals surface area contributed by atoms with Gasteiger partial charge in [-0.2, -0.15) is 0 Å². The van der Waals surface area contributed by atoms with E-state index >= 15 is 0 Å². The monoisotopic (exact) mass is 266 g/mol. The highest BCUT2D eigenvalue weighted by molar-refractivity contribution is 5.93. The van der Waals surface area contributed by atoms with Gasteiger partial charge in [0, 0.05) is 0 Å². The maximum absolute atomic E-state index is 9.70. The second kappa shape index (κ2) is 11.8. The lowest BCUT2D eigenvalue weighted by Gasteiger charge is -1.91. The number of amides is 4. The Hall–Kier alpha value is -3.25. The Morgan fingerprint density at radius 2 is 0.944 bits per heavy atom. The highest BCUT2D eigenvalue weighted by atomic mass is 16.6. The van der Waals surface area contributed by atoms with Gasteiger partial charge < -0.3 is 33.1 Å². The number of carbonyl (C=O) groups excluding carboxylic acids is 2. The van der Waals surface area contributed by atoms with Crippen LogP contribution in [0.4, 0.5) is 14.4 Å². The maximum atomic E-state index is 9.70. The molecule has 0 aliphatic heterocycles. The van der Waals surface area contributed by atoms with Crippen LogP contribution in [0.15, 0.2) is 0 Å². The quantitative estimate of drug-likeness (QED) is 0.163. The first-order valence-electron chi connectivity index (χ1n) is 3.71. The molecule has 0 aromatic heterocycles. The van der Waals surface area contributed by atoms with E-state index in [2.05, 4.69) is 22.9 Å². The van der Waals surface area contributed by atoms with E-state index in [1.807, 2.05) is 0 Å². The fourth-order valence-corrected chi connectivity index (χ4v) is 0.265. The Morgan fingerprint density at radius 3 is 0.944 bits per heavy atom. The van der Waals surface area contributed by atoms with Gasteiger partial charge in [0.15, 0.2) is 11.9 Å². The number of carboxylic acid groups (broad SMARTS) is 2. The molecule has 0 heterocycles. The summed E-state index contributed by atoms with van der Waals surface area (Å²) >= 11 is 0. The molecule has 0 rings (SSSR count). The van der Waals surface area contributed by atoms with Crippen LogP contribution < -0.4 is 33.6 Å². The molecular formula is C5H14N8O5. The molecule has 0 aromatic carbocycles. The zero-order valence-corrected chi connectivity index (χ0v) is 8.93. The molecule has 0 atom stereocenters. The first-order chi connectivity index (χ1) is 7.98. The van der Waals surface area contributed by atoms with Crippen molar-refractivity contribution in [1.82, 2.24) is 10.6 Å².